The molecule has 0 spiro atoms. The van der Waals surface area contributed by atoms with Crippen LogP contribution in [0.1, 0.15) is 23.3 Å². The average Bonchev–Trinajstić information content (AvgIpc) is 3.04. The van der Waals surface area contributed by atoms with E-state index in [1.54, 1.807) is 0 Å². The third-order valence-corrected chi connectivity index (χ3v) is 4.56. The molecule has 0 bridgehead atoms. The van der Waals surface area contributed by atoms with Crippen LogP contribution in [0.3, 0.4) is 0 Å². The van der Waals surface area contributed by atoms with Gasteiger partial charge < -0.3 is 15.0 Å². The minimum atomic E-state index is -3.65. The average molecular weight is 287 g/mol. The Hall–Kier alpha value is -1.38. The van der Waals surface area contributed by atoms with Crippen molar-refractivity contribution in [1.29, 1.82) is 0 Å². The van der Waals surface area contributed by atoms with Gasteiger partial charge in [-0.3, -0.25) is 0 Å². The smallest absolute Gasteiger partial charge is 0.352 e. The van der Waals surface area contributed by atoms with E-state index in [2.05, 4.69) is 14.6 Å². The fraction of sp³-hybridized carbons (Fsp3) is 0.545. The van der Waals surface area contributed by atoms with E-state index in [4.69, 9.17) is 5.11 Å². The van der Waals surface area contributed by atoms with Gasteiger partial charge in [-0.05, 0) is 26.0 Å². The van der Waals surface area contributed by atoms with Crippen LogP contribution in [-0.2, 0) is 10.0 Å². The number of sulfonamides is 1. The molecular formula is C11H17N3O4S. The van der Waals surface area contributed by atoms with Crippen molar-refractivity contribution in [3.63, 3.8) is 0 Å². The van der Waals surface area contributed by atoms with Crippen LogP contribution < -0.4 is 4.72 Å². The largest absolute Gasteiger partial charge is 0.477 e. The molecule has 8 heteroatoms. The van der Waals surface area contributed by atoms with Gasteiger partial charge in [-0.1, -0.05) is 0 Å². The van der Waals surface area contributed by atoms with Crippen LogP contribution in [0.15, 0.2) is 17.2 Å². The number of carboxylic acid groups (broad SMARTS) is 1. The Morgan fingerprint density at radius 2 is 2.26 bits per heavy atom. The molecule has 0 atom stereocenters. The molecule has 1 fully saturated rings. The fourth-order valence-electron chi connectivity index (χ4n) is 1.79. The number of carbonyl (C=O) groups is 1. The zero-order valence-electron chi connectivity index (χ0n) is 10.6. The van der Waals surface area contributed by atoms with Crippen LogP contribution in [0.25, 0.3) is 0 Å². The minimum Gasteiger partial charge on any atom is -0.477 e. The summed E-state index contributed by atoms with van der Waals surface area (Å²) >= 11 is 0. The summed E-state index contributed by atoms with van der Waals surface area (Å²) in [5.74, 6) is -1.19. The number of carboxylic acids is 1. The molecule has 0 saturated heterocycles. The molecule has 0 aliphatic heterocycles. The highest BCUT2D eigenvalue weighted by Crippen LogP contribution is 2.24. The van der Waals surface area contributed by atoms with Crippen LogP contribution in [0.2, 0.25) is 0 Å². The van der Waals surface area contributed by atoms with Crippen LogP contribution in [0.4, 0.5) is 0 Å². The van der Waals surface area contributed by atoms with E-state index in [1.807, 2.05) is 7.05 Å². The second-order valence-corrected chi connectivity index (χ2v) is 6.43. The van der Waals surface area contributed by atoms with Crippen molar-refractivity contribution in [2.45, 2.75) is 23.8 Å². The summed E-state index contributed by atoms with van der Waals surface area (Å²) in [5, 5.41) is 8.73. The maximum absolute atomic E-state index is 11.9. The molecule has 0 aromatic carbocycles. The Morgan fingerprint density at radius 3 is 2.79 bits per heavy atom. The predicted molar refractivity (Wildman–Crippen MR) is 68.6 cm³/mol. The van der Waals surface area contributed by atoms with Gasteiger partial charge in [0.25, 0.3) is 0 Å². The van der Waals surface area contributed by atoms with Crippen LogP contribution in [-0.4, -0.2) is 55.6 Å². The topological polar surface area (TPSA) is 103 Å². The fourth-order valence-corrected chi connectivity index (χ4v) is 2.80. The summed E-state index contributed by atoms with van der Waals surface area (Å²) in [7, 11) is -1.68. The highest BCUT2D eigenvalue weighted by molar-refractivity contribution is 7.89. The lowest BCUT2D eigenvalue weighted by Crippen LogP contribution is -2.33. The van der Waals surface area contributed by atoms with E-state index in [0.717, 1.165) is 6.07 Å². The lowest BCUT2D eigenvalue weighted by Gasteiger charge is -2.15. The maximum atomic E-state index is 11.9. The highest BCUT2D eigenvalue weighted by Gasteiger charge is 2.26. The van der Waals surface area contributed by atoms with E-state index in [1.165, 1.54) is 19.0 Å². The zero-order valence-corrected chi connectivity index (χ0v) is 11.4. The Balaban J connectivity index is 1.91. The number of rotatable bonds is 7. The van der Waals surface area contributed by atoms with E-state index < -0.39 is 16.0 Å². The Kier molecular flexibility index (Phi) is 3.93. The van der Waals surface area contributed by atoms with Crippen molar-refractivity contribution in [1.82, 2.24) is 14.6 Å². The summed E-state index contributed by atoms with van der Waals surface area (Å²) in [4.78, 5) is 15.1. The van der Waals surface area contributed by atoms with Crippen molar-refractivity contribution < 1.29 is 18.3 Å². The molecule has 2 rings (SSSR count). The number of aromatic carboxylic acids is 1. The summed E-state index contributed by atoms with van der Waals surface area (Å²) in [6.07, 6.45) is 3.52. The molecule has 0 radical (unpaired) electrons. The Bertz CT molecular complexity index is 562. The molecule has 7 nitrogen and oxygen atoms in total. The first-order valence-electron chi connectivity index (χ1n) is 6.02. The standard InChI is InChI=1S/C11H17N3O4S/c1-14(8-2-3-8)5-4-13-19(17,18)9-6-10(11(15)16)12-7-9/h6-8,12-13H,2-5H2,1H3,(H,15,16). The summed E-state index contributed by atoms with van der Waals surface area (Å²) in [6.45, 7) is 0.947. The molecule has 0 unspecified atom stereocenters. The first-order valence-corrected chi connectivity index (χ1v) is 7.50. The van der Waals surface area contributed by atoms with Crippen LogP contribution in [0.5, 0.6) is 0 Å². The molecule has 1 aliphatic carbocycles. The van der Waals surface area contributed by atoms with Gasteiger partial charge in [-0.2, -0.15) is 0 Å². The lowest BCUT2D eigenvalue weighted by molar-refractivity contribution is 0.0691. The van der Waals surface area contributed by atoms with Gasteiger partial charge in [0.15, 0.2) is 0 Å². The Morgan fingerprint density at radius 1 is 1.58 bits per heavy atom. The molecule has 1 aromatic rings. The van der Waals surface area contributed by atoms with E-state index in [-0.39, 0.29) is 10.6 Å². The number of aromatic amines is 1. The highest BCUT2D eigenvalue weighted by atomic mass is 32.2. The number of aromatic nitrogens is 1. The van der Waals surface area contributed by atoms with Crippen molar-refractivity contribution in [3.8, 4) is 0 Å². The zero-order chi connectivity index (χ0) is 14.0. The summed E-state index contributed by atoms with van der Waals surface area (Å²) in [5.41, 5.74) is -0.143. The number of hydrogen-bond acceptors (Lipinski definition) is 4. The lowest BCUT2D eigenvalue weighted by atomic mass is 10.4. The number of likely N-dealkylation sites (N-methyl/N-ethyl adjacent to an activating group) is 1. The quantitative estimate of drug-likeness (QED) is 0.659. The number of H-pyrrole nitrogens is 1. The minimum absolute atomic E-state index is 0.0565. The van der Waals surface area contributed by atoms with Crippen LogP contribution in [0, 0.1) is 0 Å². The van der Waals surface area contributed by atoms with Gasteiger partial charge in [0.1, 0.15) is 10.6 Å². The molecule has 1 aromatic heterocycles. The molecule has 1 saturated carbocycles. The molecule has 19 heavy (non-hydrogen) atoms. The molecule has 0 amide bonds. The van der Waals surface area contributed by atoms with Crippen molar-refractivity contribution >= 4 is 16.0 Å². The van der Waals surface area contributed by atoms with Gasteiger partial charge in [0, 0.05) is 25.3 Å². The molecule has 1 aliphatic rings. The van der Waals surface area contributed by atoms with Gasteiger partial charge in [0.05, 0.1) is 0 Å². The normalized spacial score (nSPS) is 15.9. The summed E-state index contributed by atoms with van der Waals surface area (Å²) < 4.78 is 26.2. The molecular weight excluding hydrogens is 270 g/mol. The number of nitrogens with one attached hydrogen (secondary N) is 2. The number of hydrogen-bond donors (Lipinski definition) is 3. The molecule has 106 valence electrons. The third-order valence-electron chi connectivity index (χ3n) is 3.12. The van der Waals surface area contributed by atoms with Gasteiger partial charge in [-0.15, -0.1) is 0 Å². The third kappa shape index (κ3) is 3.55. The first-order chi connectivity index (χ1) is 8.90. The maximum Gasteiger partial charge on any atom is 0.352 e. The molecule has 1 heterocycles. The predicted octanol–water partition coefficient (Wildman–Crippen LogP) is 0.0854. The first kappa shape index (κ1) is 14.0. The van der Waals surface area contributed by atoms with Crippen LogP contribution >= 0.6 is 0 Å². The number of nitrogens with zero attached hydrogens (tertiary/aromatic N) is 1. The van der Waals surface area contributed by atoms with Gasteiger partial charge in [0.2, 0.25) is 10.0 Å². The van der Waals surface area contributed by atoms with Gasteiger partial charge >= 0.3 is 5.97 Å². The summed E-state index contributed by atoms with van der Waals surface area (Å²) in [6, 6.07) is 1.69. The van der Waals surface area contributed by atoms with Gasteiger partial charge in [-0.25, -0.2) is 17.9 Å². The van der Waals surface area contributed by atoms with E-state index in [9.17, 15) is 13.2 Å². The van der Waals surface area contributed by atoms with E-state index in [0.29, 0.717) is 19.1 Å². The second-order valence-electron chi connectivity index (χ2n) is 4.66. The van der Waals surface area contributed by atoms with Crippen molar-refractivity contribution in [2.24, 2.45) is 0 Å². The second kappa shape index (κ2) is 5.32. The van der Waals surface area contributed by atoms with Crippen molar-refractivity contribution in [3.05, 3.63) is 18.0 Å². The monoisotopic (exact) mass is 287 g/mol. The SMILES string of the molecule is CN(CCNS(=O)(=O)c1c[nH]c(C(=O)O)c1)C1CC1. The van der Waals surface area contributed by atoms with E-state index >= 15 is 0 Å². The van der Waals surface area contributed by atoms with Crippen molar-refractivity contribution in [2.75, 3.05) is 20.1 Å². The Labute approximate surface area is 111 Å². The molecule has 3 N–H and O–H groups in total.